The molecule has 0 fully saturated rings. The van der Waals surface area contributed by atoms with Gasteiger partial charge in [0.25, 0.3) is 0 Å². The molecule has 0 bridgehead atoms. The molecule has 0 aliphatic carbocycles. The first kappa shape index (κ1) is 9.72. The second kappa shape index (κ2) is 5.52. The van der Waals surface area contributed by atoms with E-state index in [4.69, 9.17) is 0 Å². The van der Waals surface area contributed by atoms with Crippen LogP contribution in [-0.4, -0.2) is 20.5 Å². The van der Waals surface area contributed by atoms with E-state index in [9.17, 15) is 0 Å². The monoisotopic (exact) mass is 264 g/mol. The summed E-state index contributed by atoms with van der Waals surface area (Å²) >= 11 is 5.01. The Kier molecular flexibility index (Phi) is 10.7. The van der Waals surface area contributed by atoms with Crippen LogP contribution in [-0.2, 0) is 0 Å². The normalized spacial score (nSPS) is 12.6. The standard InChI is InChI=1S/C2H6AsBr.BrH/c1-2(3)4;/h2H,3H2,1H3;1H. The van der Waals surface area contributed by atoms with Gasteiger partial charge in [-0.15, -0.1) is 17.0 Å². The van der Waals surface area contributed by atoms with E-state index in [1.165, 1.54) is 0 Å². The van der Waals surface area contributed by atoms with Crippen molar-refractivity contribution in [2.24, 2.45) is 0 Å². The molecule has 0 heterocycles. The summed E-state index contributed by atoms with van der Waals surface area (Å²) in [6, 6.07) is 0. The Morgan fingerprint density at radius 2 is 1.80 bits per heavy atom. The molecule has 0 nitrogen and oxygen atoms in total. The zero-order valence-corrected chi connectivity index (χ0v) is 8.66. The SMILES string of the molecule is Br.CC([AsH2])Br. The number of hydrogen-bond acceptors (Lipinski definition) is 0. The second-order valence-electron chi connectivity index (χ2n) is 0.678. The topological polar surface area (TPSA) is 0 Å². The van der Waals surface area contributed by atoms with Crippen LogP contribution in [0.1, 0.15) is 6.92 Å². The van der Waals surface area contributed by atoms with Crippen molar-refractivity contribution in [3.05, 3.63) is 0 Å². The van der Waals surface area contributed by atoms with Crippen molar-refractivity contribution in [2.75, 3.05) is 0 Å². The summed E-state index contributed by atoms with van der Waals surface area (Å²) in [5.74, 6) is 0. The Balaban J connectivity index is 0. The van der Waals surface area contributed by atoms with Crippen LogP contribution in [0.25, 0.3) is 0 Å². The number of hydrogen-bond donors (Lipinski definition) is 0. The molecule has 0 saturated heterocycles. The van der Waals surface area contributed by atoms with Gasteiger partial charge in [-0.2, -0.15) is 0 Å². The number of halogens is 2. The molecular formula is C2H7AsBr2. The molecule has 2 unspecified atom stereocenters. The van der Waals surface area contributed by atoms with Gasteiger partial charge in [-0.3, -0.25) is 0 Å². The number of alkyl halides is 1. The van der Waals surface area contributed by atoms with Gasteiger partial charge in [-0.25, -0.2) is 0 Å². The molecule has 0 spiro atoms. The summed E-state index contributed by atoms with van der Waals surface area (Å²) in [6.45, 7) is 2.11. The Morgan fingerprint density at radius 3 is 1.80 bits per heavy atom. The molecule has 3 heteroatoms. The van der Waals surface area contributed by atoms with Crippen molar-refractivity contribution in [1.29, 1.82) is 0 Å². The van der Waals surface area contributed by atoms with Gasteiger partial charge in [-0.1, -0.05) is 0 Å². The maximum atomic E-state index is 3.30. The van der Waals surface area contributed by atoms with Crippen LogP contribution < -0.4 is 0 Å². The Labute approximate surface area is 60.1 Å². The zero-order chi connectivity index (χ0) is 3.58. The van der Waals surface area contributed by atoms with E-state index in [1.807, 2.05) is 0 Å². The van der Waals surface area contributed by atoms with Crippen LogP contribution in [0.2, 0.25) is 0 Å². The van der Waals surface area contributed by atoms with Crippen molar-refractivity contribution in [3.63, 3.8) is 0 Å². The first-order valence-corrected chi connectivity index (χ1v) is 3.44. The third-order valence-corrected chi connectivity index (χ3v) is 0. The molecule has 34 valence electrons. The summed E-state index contributed by atoms with van der Waals surface area (Å²) in [4.78, 5) is 0. The zero-order valence-electron chi connectivity index (χ0n) is 2.94. The molecule has 0 aromatic heterocycles. The number of rotatable bonds is 0. The first-order valence-electron chi connectivity index (χ1n) is 1.13. The predicted molar refractivity (Wildman–Crippen MR) is 37.3 cm³/mol. The van der Waals surface area contributed by atoms with Crippen LogP contribution in [0.4, 0.5) is 0 Å². The molecule has 0 radical (unpaired) electrons. The van der Waals surface area contributed by atoms with Crippen LogP contribution >= 0.6 is 32.9 Å². The van der Waals surface area contributed by atoms with Crippen LogP contribution in [0.3, 0.4) is 0 Å². The Bertz CT molecular complexity index is 12.4. The van der Waals surface area contributed by atoms with Gasteiger partial charge in [0, 0.05) is 0 Å². The summed E-state index contributed by atoms with van der Waals surface area (Å²) in [5, 5.41) is 0. The third kappa shape index (κ3) is 29.6. The fourth-order valence-corrected chi connectivity index (χ4v) is 0. The predicted octanol–water partition coefficient (Wildman–Crippen LogP) is 0.938. The Morgan fingerprint density at radius 1 is 1.80 bits per heavy atom. The van der Waals surface area contributed by atoms with Crippen LogP contribution in [0.15, 0.2) is 0 Å². The molecule has 0 aromatic rings. The van der Waals surface area contributed by atoms with Crippen LogP contribution in [0, 0.1) is 0 Å². The van der Waals surface area contributed by atoms with E-state index in [1.54, 1.807) is 16.9 Å². The van der Waals surface area contributed by atoms with Gasteiger partial charge in [0.2, 0.25) is 0 Å². The maximum absolute atomic E-state index is 3.30. The third-order valence-electron chi connectivity index (χ3n) is 0. The van der Waals surface area contributed by atoms with Gasteiger partial charge < -0.3 is 0 Å². The first-order chi connectivity index (χ1) is 1.73. The molecule has 0 amide bonds. The Hall–Kier alpha value is 1.52. The fraction of sp³-hybridized carbons (Fsp3) is 1.00. The molecule has 0 aromatic carbocycles. The van der Waals surface area contributed by atoms with E-state index in [-0.39, 0.29) is 17.0 Å². The van der Waals surface area contributed by atoms with Crippen molar-refractivity contribution in [2.45, 2.75) is 10.5 Å². The fourth-order valence-electron chi connectivity index (χ4n) is 0. The second-order valence-corrected chi connectivity index (χ2v) is 6.27. The molecule has 2 atom stereocenters. The van der Waals surface area contributed by atoms with Crippen molar-refractivity contribution in [1.82, 2.24) is 0 Å². The van der Waals surface area contributed by atoms with Gasteiger partial charge in [0.1, 0.15) is 0 Å². The summed E-state index contributed by atoms with van der Waals surface area (Å²) in [6.07, 6.45) is 0. The minimum absolute atomic E-state index is 0. The molecule has 0 aliphatic rings. The van der Waals surface area contributed by atoms with E-state index in [0.29, 0.717) is 3.61 Å². The molecular weight excluding hydrogens is 259 g/mol. The molecule has 0 rings (SSSR count). The average Bonchev–Trinajstić information content (AvgIpc) is 0.811. The van der Waals surface area contributed by atoms with Crippen molar-refractivity contribution < 1.29 is 0 Å². The minimum atomic E-state index is 0. The van der Waals surface area contributed by atoms with Crippen LogP contribution in [0.5, 0.6) is 0 Å². The average molecular weight is 266 g/mol. The van der Waals surface area contributed by atoms with E-state index >= 15 is 0 Å². The van der Waals surface area contributed by atoms with Gasteiger partial charge in [0.05, 0.1) is 0 Å². The van der Waals surface area contributed by atoms with Gasteiger partial charge in [0.15, 0.2) is 0 Å². The van der Waals surface area contributed by atoms with E-state index in [2.05, 4.69) is 22.9 Å². The van der Waals surface area contributed by atoms with E-state index in [0.717, 1.165) is 0 Å². The quantitative estimate of drug-likeness (QED) is 0.452. The summed E-state index contributed by atoms with van der Waals surface area (Å²) in [7, 11) is 0. The molecule has 0 saturated carbocycles. The van der Waals surface area contributed by atoms with E-state index < -0.39 is 0 Å². The molecule has 0 N–H and O–H groups in total. The molecule has 0 aliphatic heterocycles. The molecule has 5 heavy (non-hydrogen) atoms. The van der Waals surface area contributed by atoms with Gasteiger partial charge in [-0.05, 0) is 0 Å². The van der Waals surface area contributed by atoms with Gasteiger partial charge >= 0.3 is 43.3 Å². The van der Waals surface area contributed by atoms with Crippen molar-refractivity contribution >= 4 is 49.8 Å². The summed E-state index contributed by atoms with van der Waals surface area (Å²) in [5.41, 5.74) is 0. The summed E-state index contributed by atoms with van der Waals surface area (Å²) < 4.78 is 0.708. The van der Waals surface area contributed by atoms with Crippen molar-refractivity contribution in [3.8, 4) is 0 Å².